The van der Waals surface area contributed by atoms with Crippen molar-refractivity contribution in [1.29, 1.82) is 0 Å². The average molecular weight is 1780 g/mol. The summed E-state index contributed by atoms with van der Waals surface area (Å²) in [4.78, 5) is 0. The first kappa shape index (κ1) is 80.2. The molecule has 0 saturated carbocycles. The van der Waals surface area contributed by atoms with E-state index in [1.165, 1.54) is 285 Å². The molecule has 3 heterocycles. The maximum atomic E-state index is 2.43. The van der Waals surface area contributed by atoms with Gasteiger partial charge in [-0.2, -0.15) is 0 Å². The Bertz CT molecular complexity index is 10100. The lowest BCUT2D eigenvalue weighted by molar-refractivity contribution is 1.01. The minimum atomic E-state index is 1.18. The van der Waals surface area contributed by atoms with E-state index in [4.69, 9.17) is 0 Å². The Kier molecular flexibility index (Phi) is 18.6. The Labute approximate surface area is 809 Å². The molecule has 27 aromatic carbocycles. The summed E-state index contributed by atoms with van der Waals surface area (Å²) in [5.74, 6) is 0. The fourth-order valence-electron chi connectivity index (χ4n) is 23.5. The first-order chi connectivity index (χ1) is 69.4. The molecule has 3 heteroatoms. The van der Waals surface area contributed by atoms with Crippen molar-refractivity contribution in [2.75, 3.05) is 0 Å². The van der Waals surface area contributed by atoms with E-state index < -0.39 is 0 Å². The topological polar surface area (TPSA) is 14.8 Å². The van der Waals surface area contributed by atoms with Crippen LogP contribution in [0, 0.1) is 0 Å². The summed E-state index contributed by atoms with van der Waals surface area (Å²) in [7, 11) is 2.15. The zero-order valence-electron chi connectivity index (χ0n) is 76.8. The van der Waals surface area contributed by atoms with Crippen LogP contribution in [0.1, 0.15) is 0 Å². The molecule has 0 amide bonds. The van der Waals surface area contributed by atoms with Crippen LogP contribution in [0.15, 0.2) is 510 Å². The van der Waals surface area contributed by atoms with Crippen LogP contribution in [0.25, 0.3) is 285 Å². The molecule has 3 aromatic heterocycles. The van der Waals surface area contributed by atoms with Gasteiger partial charge in [-0.1, -0.05) is 437 Å². The second-order valence-corrected chi connectivity index (χ2v) is 37.6. The van der Waals surface area contributed by atoms with Crippen molar-refractivity contribution >= 4 is 173 Å². The highest BCUT2D eigenvalue weighted by atomic mass is 15.0. The van der Waals surface area contributed by atoms with Crippen LogP contribution in [0.4, 0.5) is 0 Å². The second kappa shape index (κ2) is 32.5. The molecule has 650 valence electrons. The van der Waals surface area contributed by atoms with Gasteiger partial charge in [-0.05, 0) is 275 Å². The zero-order valence-corrected chi connectivity index (χ0v) is 76.8. The van der Waals surface area contributed by atoms with Gasteiger partial charge in [0.25, 0.3) is 0 Å². The van der Waals surface area contributed by atoms with E-state index in [2.05, 4.69) is 530 Å². The molecule has 0 radical (unpaired) electrons. The van der Waals surface area contributed by atoms with E-state index in [0.29, 0.717) is 0 Å². The molecular formula is C137H87N3. The second-order valence-electron chi connectivity index (χ2n) is 37.6. The third-order valence-electron chi connectivity index (χ3n) is 30.1. The molecule has 0 aliphatic carbocycles. The average Bonchev–Trinajstić information content (AvgIpc) is 1.43. The summed E-state index contributed by atoms with van der Waals surface area (Å²) in [6, 6.07) is 187. The van der Waals surface area contributed by atoms with Crippen LogP contribution >= 0.6 is 0 Å². The van der Waals surface area contributed by atoms with E-state index in [9.17, 15) is 0 Å². The first-order valence-corrected chi connectivity index (χ1v) is 48.5. The lowest BCUT2D eigenvalue weighted by Crippen LogP contribution is -1.95. The van der Waals surface area contributed by atoms with Crippen molar-refractivity contribution in [3.8, 4) is 112 Å². The summed E-state index contributed by atoms with van der Waals surface area (Å²) in [6.45, 7) is 0. The molecule has 140 heavy (non-hydrogen) atoms. The van der Waals surface area contributed by atoms with Crippen LogP contribution in [0.5, 0.6) is 0 Å². The number of nitrogens with zero attached hydrogens (tertiary/aromatic N) is 3. The maximum Gasteiger partial charge on any atom is 0.0541 e. The fourth-order valence-corrected chi connectivity index (χ4v) is 23.5. The Morgan fingerprint density at radius 2 is 0.364 bits per heavy atom. The number of rotatable bonds is 11. The van der Waals surface area contributed by atoms with Crippen LogP contribution < -0.4 is 0 Å². The largest absolute Gasteiger partial charge is 0.344 e. The standard InChI is InChI=1S/C50H31N.C46H29N.C41H27N/c1-2-9-33(10-3-1)39-26-21-36-24-29-44-40(27-22-37-23-28-43(39)49(36)50(37)44)35-19-17-32(18-20-35)38-25-30-48-45(31-38)42-14-6-7-15-47(42)51(48)46-16-8-12-34-11-4-5-13-41(34)46;1-3-9-31(10-4-1)37-24-19-33-22-27-41-38(25-20-34-21-26-40(37)45(33)46(34)41)32-17-15-30(16-18-32)35-23-28-44-42(29-35)39-13-7-8-14-43(39)47(44)36-11-5-2-6-12-36;1-42-38-10-6-5-9-34(38)37-25-31(19-24-39(37)42)26-11-13-28(14-12-26)33-21-16-30-17-22-35-32(27-7-3-2-4-8-27)20-15-29-18-23-36(33)41(30)40(29)35/h1-31H;1-29H;2-25H,1H3. The van der Waals surface area contributed by atoms with Gasteiger partial charge in [-0.3, -0.25) is 0 Å². The van der Waals surface area contributed by atoms with Gasteiger partial charge in [0.15, 0.2) is 0 Å². The normalized spacial score (nSPS) is 11.9. The molecule has 3 nitrogen and oxygen atoms in total. The highest BCUT2D eigenvalue weighted by Crippen LogP contribution is 2.50. The molecule has 30 rings (SSSR count). The number of benzene rings is 27. The molecule has 0 saturated heterocycles. The number of aryl methyl sites for hydroxylation is 1. The van der Waals surface area contributed by atoms with Crippen molar-refractivity contribution in [3.05, 3.63) is 510 Å². The minimum Gasteiger partial charge on any atom is -0.344 e. The quantitative estimate of drug-likeness (QED) is 0.115. The molecule has 0 bridgehead atoms. The Morgan fingerprint density at radius 3 is 0.729 bits per heavy atom. The van der Waals surface area contributed by atoms with Crippen LogP contribution in [0.2, 0.25) is 0 Å². The van der Waals surface area contributed by atoms with E-state index in [0.717, 1.165) is 0 Å². The van der Waals surface area contributed by atoms with E-state index >= 15 is 0 Å². The third-order valence-corrected chi connectivity index (χ3v) is 30.1. The van der Waals surface area contributed by atoms with Crippen LogP contribution in [-0.2, 0) is 7.05 Å². The van der Waals surface area contributed by atoms with Gasteiger partial charge in [0.2, 0.25) is 0 Å². The zero-order chi connectivity index (χ0) is 92.2. The minimum absolute atomic E-state index is 1.18. The number of hydrogen-bond donors (Lipinski definition) is 0. The number of fused-ring (bicyclic) bond motifs is 10. The van der Waals surface area contributed by atoms with Crippen molar-refractivity contribution in [2.45, 2.75) is 0 Å². The monoisotopic (exact) mass is 1770 g/mol. The maximum absolute atomic E-state index is 2.43. The summed E-state index contributed by atoms with van der Waals surface area (Å²) in [5, 5.41) is 33.8. The Balaban J connectivity index is 0.000000104. The molecule has 0 aliphatic rings. The van der Waals surface area contributed by atoms with E-state index in [1.807, 2.05) is 0 Å². The van der Waals surface area contributed by atoms with Crippen molar-refractivity contribution in [1.82, 2.24) is 13.7 Å². The Morgan fingerprint density at radius 1 is 0.129 bits per heavy atom. The molecule has 0 fully saturated rings. The summed E-state index contributed by atoms with van der Waals surface area (Å²) in [5.41, 5.74) is 32.3. The highest BCUT2D eigenvalue weighted by molar-refractivity contribution is 6.31. The van der Waals surface area contributed by atoms with Crippen molar-refractivity contribution < 1.29 is 0 Å². The molecule has 0 unspecified atom stereocenters. The van der Waals surface area contributed by atoms with Crippen LogP contribution in [0.3, 0.4) is 0 Å². The predicted molar refractivity (Wildman–Crippen MR) is 600 cm³/mol. The number of aromatic nitrogens is 3. The van der Waals surface area contributed by atoms with Gasteiger partial charge in [0.1, 0.15) is 0 Å². The van der Waals surface area contributed by atoms with E-state index in [1.54, 1.807) is 0 Å². The number of hydrogen-bond acceptors (Lipinski definition) is 0. The summed E-state index contributed by atoms with van der Waals surface area (Å²) >= 11 is 0. The van der Waals surface area contributed by atoms with Gasteiger partial charge < -0.3 is 13.7 Å². The van der Waals surface area contributed by atoms with Crippen molar-refractivity contribution in [3.63, 3.8) is 0 Å². The lowest BCUT2D eigenvalue weighted by atomic mass is 9.87. The molecule has 0 aliphatic heterocycles. The summed E-state index contributed by atoms with van der Waals surface area (Å²) < 4.78 is 7.08. The smallest absolute Gasteiger partial charge is 0.0541 e. The van der Waals surface area contributed by atoms with Crippen molar-refractivity contribution in [2.24, 2.45) is 7.05 Å². The van der Waals surface area contributed by atoms with Gasteiger partial charge in [-0.25, -0.2) is 0 Å². The Hall–Kier alpha value is -18.3. The summed E-state index contributed by atoms with van der Waals surface area (Å²) in [6.07, 6.45) is 0. The van der Waals surface area contributed by atoms with Gasteiger partial charge in [0, 0.05) is 61.5 Å². The van der Waals surface area contributed by atoms with E-state index in [-0.39, 0.29) is 0 Å². The van der Waals surface area contributed by atoms with Gasteiger partial charge >= 0.3 is 0 Å². The highest BCUT2D eigenvalue weighted by Gasteiger charge is 2.24. The SMILES string of the molecule is Cn1c2ccccc2c2cc(-c3ccc(-c4ccc5ccc6c(-c7ccccc7)ccc7ccc4c5c76)cc3)ccc21.c1ccc(-c2ccc3ccc4c(-c5ccc(-c6ccc7c(c6)c6ccccc6n7-c6cccc7ccccc67)cc5)ccc5ccc2c3c54)cc1.c1ccc(-c2ccc3ccc4c(-c5ccc(-c6ccc7c(c6)c6ccccc6n7-c6ccccc6)cc5)ccc5ccc2c3c54)cc1. The molecule has 0 atom stereocenters. The lowest BCUT2D eigenvalue weighted by Gasteiger charge is -2.16. The molecule has 30 aromatic rings. The first-order valence-electron chi connectivity index (χ1n) is 48.5. The number of para-hydroxylation sites is 4. The molecular weight excluding hydrogens is 1690 g/mol. The van der Waals surface area contributed by atoms with Gasteiger partial charge in [-0.15, -0.1) is 0 Å². The van der Waals surface area contributed by atoms with Crippen LogP contribution in [-0.4, -0.2) is 13.7 Å². The predicted octanol–water partition coefficient (Wildman–Crippen LogP) is 37.7. The fraction of sp³-hybridized carbons (Fsp3) is 0.00730. The molecule has 0 N–H and O–H groups in total. The molecule has 0 spiro atoms. The van der Waals surface area contributed by atoms with Gasteiger partial charge in [0.05, 0.1) is 27.8 Å². The third kappa shape index (κ3) is 13.0.